The summed E-state index contributed by atoms with van der Waals surface area (Å²) in [4.78, 5) is 38.7. The van der Waals surface area contributed by atoms with E-state index in [0.29, 0.717) is 43.2 Å². The van der Waals surface area contributed by atoms with Crippen LogP contribution >= 0.6 is 0 Å². The van der Waals surface area contributed by atoms with Crippen LogP contribution in [0, 0.1) is 0 Å². The molecule has 0 aliphatic carbocycles. The molecule has 0 saturated carbocycles. The second-order valence-electron chi connectivity index (χ2n) is 13.9. The van der Waals surface area contributed by atoms with Gasteiger partial charge in [-0.3, -0.25) is 19.7 Å². The zero-order valence-corrected chi connectivity index (χ0v) is 30.9. The van der Waals surface area contributed by atoms with E-state index in [1.165, 1.54) is 11.1 Å². The minimum Gasteiger partial charge on any atom is -0.508 e. The number of rotatable bonds is 14. The number of nitrogens with one attached hydrogen (secondary N) is 1. The fourth-order valence-corrected chi connectivity index (χ4v) is 7.37. The molecule has 0 bridgehead atoms. The molecule has 280 valence electrons. The summed E-state index contributed by atoms with van der Waals surface area (Å²) in [6.07, 6.45) is 4.03. The maximum Gasteiger partial charge on any atom is 0.255 e. The number of hydrogen-bond donors (Lipinski definition) is 3. The first-order valence-corrected chi connectivity index (χ1v) is 18.9. The van der Waals surface area contributed by atoms with Crippen LogP contribution in [0.15, 0.2) is 115 Å². The molecule has 9 nitrogen and oxygen atoms in total. The molecule has 0 spiro atoms. The van der Waals surface area contributed by atoms with Crippen LogP contribution in [0.2, 0.25) is 0 Å². The van der Waals surface area contributed by atoms with Gasteiger partial charge in [0.2, 0.25) is 11.8 Å². The zero-order chi connectivity index (χ0) is 38.3. The van der Waals surface area contributed by atoms with Gasteiger partial charge in [-0.1, -0.05) is 73.7 Å². The Hall–Kier alpha value is -6.35. The van der Waals surface area contributed by atoms with Gasteiger partial charge in [0, 0.05) is 18.5 Å². The highest BCUT2D eigenvalue weighted by Crippen LogP contribution is 2.36. The number of piperidine rings is 1. The minimum atomic E-state index is -0.648. The van der Waals surface area contributed by atoms with E-state index in [-0.39, 0.29) is 24.0 Å². The number of phenolic OH excluding ortho intramolecular Hbond substituents is 1. The summed E-state index contributed by atoms with van der Waals surface area (Å²) in [5.41, 5.74) is 15.7. The van der Waals surface area contributed by atoms with Crippen LogP contribution < -0.4 is 20.5 Å². The number of aromatic hydroxyl groups is 1. The van der Waals surface area contributed by atoms with Crippen molar-refractivity contribution in [1.82, 2.24) is 10.2 Å². The lowest BCUT2D eigenvalue weighted by Crippen LogP contribution is -2.52. The van der Waals surface area contributed by atoms with E-state index >= 15 is 0 Å². The van der Waals surface area contributed by atoms with E-state index in [4.69, 9.17) is 15.2 Å². The van der Waals surface area contributed by atoms with Crippen LogP contribution in [-0.4, -0.2) is 47.0 Å². The summed E-state index contributed by atoms with van der Waals surface area (Å²) in [6, 6.07) is 36.7. The molecule has 7 rings (SSSR count). The van der Waals surface area contributed by atoms with Gasteiger partial charge in [-0.25, -0.2) is 0 Å². The number of allylic oxidation sites excluding steroid dienone is 1. The highest BCUT2D eigenvalue weighted by Gasteiger charge is 2.39. The Kier molecular flexibility index (Phi) is 11.3. The fraction of sp³-hybridized carbons (Fsp3) is 0.239. The summed E-state index contributed by atoms with van der Waals surface area (Å²) in [6.45, 7) is 3.58. The van der Waals surface area contributed by atoms with E-state index < -0.39 is 11.9 Å². The monoisotopic (exact) mass is 735 g/mol. The van der Waals surface area contributed by atoms with Crippen LogP contribution in [0.1, 0.15) is 78.1 Å². The number of ether oxygens (including phenoxy) is 2. The lowest BCUT2D eigenvalue weighted by atomic mass is 9.88. The molecule has 9 heteroatoms. The van der Waals surface area contributed by atoms with Crippen LogP contribution in [0.4, 0.5) is 5.69 Å². The van der Waals surface area contributed by atoms with Crippen LogP contribution in [0.3, 0.4) is 0 Å². The number of imide groups is 1. The van der Waals surface area contributed by atoms with Crippen molar-refractivity contribution < 1.29 is 29.0 Å². The third kappa shape index (κ3) is 8.41. The second-order valence-corrected chi connectivity index (χ2v) is 13.9. The number of fused-ring (bicyclic) bond motifs is 1. The Morgan fingerprint density at radius 3 is 2.16 bits per heavy atom. The molecule has 0 aromatic heterocycles. The van der Waals surface area contributed by atoms with Gasteiger partial charge in [0.05, 0.1) is 18.9 Å². The highest BCUT2D eigenvalue weighted by atomic mass is 16.5. The number of amides is 3. The summed E-state index contributed by atoms with van der Waals surface area (Å²) >= 11 is 0. The summed E-state index contributed by atoms with van der Waals surface area (Å²) < 4.78 is 12.2. The maximum absolute atomic E-state index is 13.1. The smallest absolute Gasteiger partial charge is 0.255 e. The molecule has 55 heavy (non-hydrogen) atoms. The number of nitrogen functional groups attached to an aromatic ring is 1. The maximum atomic E-state index is 13.1. The van der Waals surface area contributed by atoms with Crippen molar-refractivity contribution in [3.8, 4) is 28.4 Å². The molecule has 1 saturated heterocycles. The Balaban J connectivity index is 0.909. The van der Waals surface area contributed by atoms with Gasteiger partial charge in [0.1, 0.15) is 23.3 Å². The van der Waals surface area contributed by atoms with Crippen molar-refractivity contribution >= 4 is 34.6 Å². The van der Waals surface area contributed by atoms with E-state index in [1.54, 1.807) is 23.1 Å². The van der Waals surface area contributed by atoms with Crippen molar-refractivity contribution in [3.63, 3.8) is 0 Å². The van der Waals surface area contributed by atoms with Crippen molar-refractivity contribution in [2.45, 2.75) is 58.0 Å². The van der Waals surface area contributed by atoms with Gasteiger partial charge in [-0.15, -0.1) is 0 Å². The topological polar surface area (TPSA) is 131 Å². The average molecular weight is 736 g/mol. The van der Waals surface area contributed by atoms with E-state index in [9.17, 15) is 19.5 Å². The minimum absolute atomic E-state index is 0.196. The third-order valence-corrected chi connectivity index (χ3v) is 10.3. The van der Waals surface area contributed by atoms with Crippen LogP contribution in [0.25, 0.3) is 22.3 Å². The molecule has 2 aliphatic rings. The molecule has 5 aromatic rings. The first-order valence-electron chi connectivity index (χ1n) is 18.9. The molecular formula is C46H45N3O6. The molecule has 0 radical (unpaired) electrons. The molecule has 1 atom stereocenters. The molecule has 5 aromatic carbocycles. The molecule has 4 N–H and O–H groups in total. The number of benzene rings is 5. The largest absolute Gasteiger partial charge is 0.508 e. The molecule has 2 aliphatic heterocycles. The van der Waals surface area contributed by atoms with E-state index in [2.05, 4.69) is 48.6 Å². The summed E-state index contributed by atoms with van der Waals surface area (Å²) in [5.74, 6) is 0.738. The number of carbonyl (C=O) groups excluding carboxylic acids is 3. The first kappa shape index (κ1) is 37.0. The Morgan fingerprint density at radius 2 is 1.45 bits per heavy atom. The lowest BCUT2D eigenvalue weighted by Gasteiger charge is -2.29. The fourth-order valence-electron chi connectivity index (χ4n) is 7.37. The summed E-state index contributed by atoms with van der Waals surface area (Å²) in [5, 5.41) is 12.3. The number of phenols is 1. The number of nitrogens with two attached hydrogens (primary N) is 1. The molecule has 2 heterocycles. The predicted octanol–water partition coefficient (Wildman–Crippen LogP) is 8.40. The van der Waals surface area contributed by atoms with Gasteiger partial charge < -0.3 is 25.2 Å². The second kappa shape index (κ2) is 16.8. The van der Waals surface area contributed by atoms with Crippen molar-refractivity contribution in [3.05, 3.63) is 143 Å². The zero-order valence-electron chi connectivity index (χ0n) is 30.9. The number of unbranched alkanes of at least 4 members (excludes halogenated alkanes) is 2. The van der Waals surface area contributed by atoms with E-state index in [0.717, 1.165) is 64.8 Å². The molecule has 1 unspecified atom stereocenters. The third-order valence-electron chi connectivity index (χ3n) is 10.3. The van der Waals surface area contributed by atoms with Gasteiger partial charge in [0.25, 0.3) is 5.91 Å². The van der Waals surface area contributed by atoms with Gasteiger partial charge in [0.15, 0.2) is 0 Å². The molecule has 3 amide bonds. The van der Waals surface area contributed by atoms with Gasteiger partial charge in [-0.05, 0) is 125 Å². The quantitative estimate of drug-likeness (QED) is 0.0452. The number of hydrogen-bond acceptors (Lipinski definition) is 7. The van der Waals surface area contributed by atoms with Crippen molar-refractivity contribution in [2.24, 2.45) is 0 Å². The van der Waals surface area contributed by atoms with Crippen molar-refractivity contribution in [2.75, 3.05) is 18.9 Å². The van der Waals surface area contributed by atoms with Crippen LogP contribution in [-0.2, 0) is 16.1 Å². The number of anilines is 1. The highest BCUT2D eigenvalue weighted by molar-refractivity contribution is 6.05. The SMILES string of the molecule is CCC(=C(c1ccc(O)cc1)c1ccc(OCCCCCOc2cc(-c3ccc4c(c3)CN(C3CCC(=O)NC3=O)C4=O)ccc2N)cc1)c1ccccc1. The normalized spacial score (nSPS) is 15.7. The van der Waals surface area contributed by atoms with E-state index in [1.807, 2.05) is 60.7 Å². The predicted molar refractivity (Wildman–Crippen MR) is 214 cm³/mol. The number of carbonyl (C=O) groups is 3. The van der Waals surface area contributed by atoms with Gasteiger partial charge in [-0.2, -0.15) is 0 Å². The first-order chi connectivity index (χ1) is 26.8. The summed E-state index contributed by atoms with van der Waals surface area (Å²) in [7, 11) is 0. The molecular weight excluding hydrogens is 691 g/mol. The Bertz CT molecular complexity index is 2210. The Labute approximate surface area is 321 Å². The lowest BCUT2D eigenvalue weighted by molar-refractivity contribution is -0.136. The Morgan fingerprint density at radius 1 is 0.782 bits per heavy atom. The van der Waals surface area contributed by atoms with Crippen LogP contribution in [0.5, 0.6) is 17.2 Å². The average Bonchev–Trinajstić information content (AvgIpc) is 3.53. The van der Waals surface area contributed by atoms with Crippen molar-refractivity contribution in [1.29, 1.82) is 0 Å². The standard InChI is InChI=1S/C46H45N3O6/c1-2-38(30-9-5-3-6-10-30)44(31-11-17-36(50)18-12-31)32-13-19-37(20-14-32)54-25-7-4-8-26-55-42-28-34(16-22-40(42)47)33-15-21-39-35(27-33)29-49(46(39)53)41-23-24-43(51)48-45(41)52/h3,5-6,9-22,27-28,41,50H,2,4,7-8,23-26,29,47H2,1H3,(H,48,51,52). The molecule has 1 fully saturated rings. The van der Waals surface area contributed by atoms with Gasteiger partial charge >= 0.3 is 0 Å². The number of nitrogens with zero attached hydrogens (tertiary/aromatic N) is 1.